The van der Waals surface area contributed by atoms with Crippen LogP contribution >= 0.6 is 0 Å². The van der Waals surface area contributed by atoms with E-state index >= 15 is 0 Å². The Kier molecular flexibility index (Phi) is 4.60. The number of hydrogen-bond donors (Lipinski definition) is 3. The summed E-state index contributed by atoms with van der Waals surface area (Å²) in [7, 11) is 0. The Balaban J connectivity index is 1.71. The lowest BCUT2D eigenvalue weighted by Crippen LogP contribution is -2.20. The van der Waals surface area contributed by atoms with Gasteiger partial charge >= 0.3 is 0 Å². The molecule has 0 unspecified atom stereocenters. The molecule has 1 aliphatic heterocycles. The molecule has 3 amide bonds. The van der Waals surface area contributed by atoms with Crippen LogP contribution in [0, 0.1) is 5.41 Å². The Labute approximate surface area is 167 Å². The molecule has 0 atom stereocenters. The molecule has 0 aromatic carbocycles. The Morgan fingerprint density at radius 1 is 1.34 bits per heavy atom. The van der Waals surface area contributed by atoms with E-state index in [1.807, 2.05) is 20.8 Å². The molecular weight excluding hydrogens is 372 g/mol. The fourth-order valence-electron chi connectivity index (χ4n) is 3.16. The predicted molar refractivity (Wildman–Crippen MR) is 108 cm³/mol. The molecule has 0 spiro atoms. The van der Waals surface area contributed by atoms with E-state index in [-0.39, 0.29) is 23.7 Å². The van der Waals surface area contributed by atoms with E-state index < -0.39 is 5.91 Å². The Morgan fingerprint density at radius 3 is 2.72 bits per heavy atom. The van der Waals surface area contributed by atoms with Gasteiger partial charge in [0.05, 0.1) is 12.6 Å². The van der Waals surface area contributed by atoms with Crippen LogP contribution in [-0.2, 0) is 14.4 Å². The number of carbonyl (C=O) groups excluding carboxylic acids is 3. The van der Waals surface area contributed by atoms with Crippen molar-refractivity contribution in [3.05, 3.63) is 23.4 Å². The standard InChI is InChI=1S/C20H24N6O3/c1-20(2,3)9-17(28)23-14-8-15(22-13-4-5-13)26-18(24-14)12(10-21-26)6-11-7-16(27)25-19(11)29/h6,8,10,13,22H,4-5,7,9H2,1-3H3,(H,23,24,28)(H,25,27,29)/b11-6+. The lowest BCUT2D eigenvalue weighted by atomic mass is 9.92. The topological polar surface area (TPSA) is 117 Å². The van der Waals surface area contributed by atoms with Gasteiger partial charge in [-0.05, 0) is 24.3 Å². The molecule has 152 valence electrons. The molecule has 9 heteroatoms. The molecule has 3 N–H and O–H groups in total. The number of amides is 3. The predicted octanol–water partition coefficient (Wildman–Crippen LogP) is 2.11. The van der Waals surface area contributed by atoms with Crippen LogP contribution in [0.4, 0.5) is 11.6 Å². The molecule has 1 aliphatic carbocycles. The summed E-state index contributed by atoms with van der Waals surface area (Å²) in [5.74, 6) is 0.297. The SMILES string of the molecule is CC(C)(C)CC(=O)Nc1cc(NC2CC2)n2ncc(/C=C3\CC(=O)NC3=O)c2n1. The Hall–Kier alpha value is -3.23. The monoisotopic (exact) mass is 396 g/mol. The smallest absolute Gasteiger partial charge is 0.254 e. The number of aromatic nitrogens is 3. The third kappa shape index (κ3) is 4.44. The molecule has 1 saturated carbocycles. The lowest BCUT2D eigenvalue weighted by molar-refractivity contribution is -0.124. The summed E-state index contributed by atoms with van der Waals surface area (Å²) in [6.07, 6.45) is 5.78. The van der Waals surface area contributed by atoms with Gasteiger partial charge in [0.25, 0.3) is 5.91 Å². The van der Waals surface area contributed by atoms with Gasteiger partial charge in [-0.3, -0.25) is 19.7 Å². The molecule has 3 heterocycles. The van der Waals surface area contributed by atoms with E-state index in [1.54, 1.807) is 22.9 Å². The molecule has 2 fully saturated rings. The Morgan fingerprint density at radius 2 is 2.10 bits per heavy atom. The van der Waals surface area contributed by atoms with Gasteiger partial charge in [0.1, 0.15) is 11.6 Å². The summed E-state index contributed by atoms with van der Waals surface area (Å²) >= 11 is 0. The van der Waals surface area contributed by atoms with Crippen LogP contribution in [0.25, 0.3) is 11.7 Å². The summed E-state index contributed by atoms with van der Waals surface area (Å²) in [5, 5.41) is 12.9. The average molecular weight is 396 g/mol. The van der Waals surface area contributed by atoms with E-state index in [2.05, 4.69) is 26.0 Å². The lowest BCUT2D eigenvalue weighted by Gasteiger charge is -2.17. The number of nitrogens with zero attached hydrogens (tertiary/aromatic N) is 3. The molecular formula is C20H24N6O3. The second-order valence-corrected chi connectivity index (χ2v) is 8.79. The average Bonchev–Trinajstić information content (AvgIpc) is 3.22. The van der Waals surface area contributed by atoms with Crippen LogP contribution in [0.1, 0.15) is 52.0 Å². The second kappa shape index (κ2) is 6.98. The van der Waals surface area contributed by atoms with Crippen LogP contribution < -0.4 is 16.0 Å². The summed E-state index contributed by atoms with van der Waals surface area (Å²) in [6.45, 7) is 6.00. The minimum Gasteiger partial charge on any atom is -0.367 e. The van der Waals surface area contributed by atoms with Crippen molar-refractivity contribution in [2.75, 3.05) is 10.6 Å². The first-order valence-corrected chi connectivity index (χ1v) is 9.68. The van der Waals surface area contributed by atoms with Crippen molar-refractivity contribution in [3.8, 4) is 0 Å². The van der Waals surface area contributed by atoms with E-state index in [0.29, 0.717) is 35.1 Å². The third-order valence-corrected chi connectivity index (χ3v) is 4.61. The zero-order chi connectivity index (χ0) is 20.8. The van der Waals surface area contributed by atoms with Crippen LogP contribution in [0.2, 0.25) is 0 Å². The fraction of sp³-hybridized carbons (Fsp3) is 0.450. The largest absolute Gasteiger partial charge is 0.367 e. The summed E-state index contributed by atoms with van der Waals surface area (Å²) in [6, 6.07) is 2.14. The number of anilines is 2. The number of carbonyl (C=O) groups is 3. The van der Waals surface area contributed by atoms with Gasteiger partial charge in [-0.15, -0.1) is 0 Å². The van der Waals surface area contributed by atoms with Crippen molar-refractivity contribution in [1.29, 1.82) is 0 Å². The Bertz CT molecular complexity index is 1040. The van der Waals surface area contributed by atoms with Crippen molar-refractivity contribution in [3.63, 3.8) is 0 Å². The third-order valence-electron chi connectivity index (χ3n) is 4.61. The van der Waals surface area contributed by atoms with E-state index in [9.17, 15) is 14.4 Å². The summed E-state index contributed by atoms with van der Waals surface area (Å²) in [4.78, 5) is 40.3. The number of rotatable bonds is 5. The van der Waals surface area contributed by atoms with Crippen LogP contribution in [0.5, 0.6) is 0 Å². The highest BCUT2D eigenvalue weighted by molar-refractivity contribution is 6.15. The van der Waals surface area contributed by atoms with Gasteiger partial charge in [0.15, 0.2) is 5.65 Å². The minimum absolute atomic E-state index is 0.0331. The molecule has 1 saturated heterocycles. The van der Waals surface area contributed by atoms with Crippen LogP contribution in [0.15, 0.2) is 17.8 Å². The van der Waals surface area contributed by atoms with Gasteiger partial charge in [-0.25, -0.2) is 4.98 Å². The highest BCUT2D eigenvalue weighted by Crippen LogP contribution is 2.28. The van der Waals surface area contributed by atoms with E-state index in [1.165, 1.54) is 0 Å². The molecule has 0 radical (unpaired) electrons. The molecule has 2 aromatic heterocycles. The van der Waals surface area contributed by atoms with Crippen molar-refractivity contribution >= 4 is 41.1 Å². The quantitative estimate of drug-likeness (QED) is 0.526. The zero-order valence-corrected chi connectivity index (χ0v) is 16.7. The maximum Gasteiger partial charge on any atom is 0.254 e. The first-order valence-electron chi connectivity index (χ1n) is 9.68. The summed E-state index contributed by atoms with van der Waals surface area (Å²) < 4.78 is 1.65. The first-order chi connectivity index (χ1) is 13.7. The normalized spacial score (nSPS) is 18.4. The highest BCUT2D eigenvalue weighted by Gasteiger charge is 2.26. The van der Waals surface area contributed by atoms with Crippen LogP contribution in [-0.4, -0.2) is 38.4 Å². The van der Waals surface area contributed by atoms with Crippen molar-refractivity contribution < 1.29 is 14.4 Å². The molecule has 29 heavy (non-hydrogen) atoms. The number of fused-ring (bicyclic) bond motifs is 1. The van der Waals surface area contributed by atoms with Crippen molar-refractivity contribution in [2.24, 2.45) is 5.41 Å². The summed E-state index contributed by atoms with van der Waals surface area (Å²) in [5.41, 5.74) is 1.33. The second-order valence-electron chi connectivity index (χ2n) is 8.79. The maximum absolute atomic E-state index is 12.4. The van der Waals surface area contributed by atoms with Gasteiger partial charge < -0.3 is 10.6 Å². The molecule has 0 bridgehead atoms. The van der Waals surface area contributed by atoms with E-state index in [0.717, 1.165) is 18.7 Å². The minimum atomic E-state index is -0.402. The molecule has 9 nitrogen and oxygen atoms in total. The first kappa shape index (κ1) is 19.1. The van der Waals surface area contributed by atoms with Gasteiger partial charge in [0.2, 0.25) is 11.8 Å². The zero-order valence-electron chi connectivity index (χ0n) is 16.7. The number of imide groups is 1. The van der Waals surface area contributed by atoms with Gasteiger partial charge in [0, 0.05) is 29.7 Å². The number of nitrogens with one attached hydrogen (secondary N) is 3. The van der Waals surface area contributed by atoms with Crippen molar-refractivity contribution in [2.45, 2.75) is 52.5 Å². The van der Waals surface area contributed by atoms with E-state index in [4.69, 9.17) is 0 Å². The van der Waals surface area contributed by atoms with Crippen molar-refractivity contribution in [1.82, 2.24) is 19.9 Å². The number of hydrogen-bond acceptors (Lipinski definition) is 6. The van der Waals surface area contributed by atoms with Crippen LogP contribution in [0.3, 0.4) is 0 Å². The van der Waals surface area contributed by atoms with Gasteiger partial charge in [-0.2, -0.15) is 9.61 Å². The highest BCUT2D eigenvalue weighted by atomic mass is 16.2. The molecule has 2 aromatic rings. The molecule has 4 rings (SSSR count). The maximum atomic E-state index is 12.4. The molecule has 2 aliphatic rings. The fourth-order valence-corrected chi connectivity index (χ4v) is 3.16. The van der Waals surface area contributed by atoms with Gasteiger partial charge in [-0.1, -0.05) is 20.8 Å².